The van der Waals surface area contributed by atoms with Crippen LogP contribution in [0.5, 0.6) is 0 Å². The van der Waals surface area contributed by atoms with Crippen LogP contribution in [0.25, 0.3) is 22.2 Å². The average Bonchev–Trinajstić information content (AvgIpc) is 2.70. The first-order chi connectivity index (χ1) is 14.1. The molecule has 1 heterocycles. The van der Waals surface area contributed by atoms with Crippen molar-refractivity contribution in [1.29, 1.82) is 0 Å². The minimum absolute atomic E-state index is 0.0181. The first-order valence-electron chi connectivity index (χ1n) is 8.77. The zero-order chi connectivity index (χ0) is 21.9. The third-order valence-electron chi connectivity index (χ3n) is 4.29. The molecule has 0 saturated heterocycles. The molecule has 3 aromatic carbocycles. The fourth-order valence-electron chi connectivity index (χ4n) is 2.73. The molecule has 2 N–H and O–H groups in total. The van der Waals surface area contributed by atoms with Crippen LogP contribution in [0.15, 0.2) is 82.5 Å². The molecule has 1 aromatic heterocycles. The summed E-state index contributed by atoms with van der Waals surface area (Å²) >= 11 is 11.9. The number of pyridine rings is 1. The summed E-state index contributed by atoms with van der Waals surface area (Å²) in [6.45, 7) is 1.84. The van der Waals surface area contributed by atoms with Crippen molar-refractivity contribution in [2.45, 2.75) is 11.8 Å². The van der Waals surface area contributed by atoms with Crippen LogP contribution in [-0.4, -0.2) is 18.0 Å². The lowest BCUT2D eigenvalue weighted by molar-refractivity contribution is 0.483. The predicted octanol–water partition coefficient (Wildman–Crippen LogP) is 5.74. The minimum Gasteiger partial charge on any atom is -0.354 e. The number of para-hydroxylation sites is 1. The summed E-state index contributed by atoms with van der Waals surface area (Å²) in [4.78, 5) is 15.2. The van der Waals surface area contributed by atoms with Gasteiger partial charge in [0.1, 0.15) is 0 Å². The second-order valence-corrected chi connectivity index (χ2v) is 8.75. The number of fused-ring (bicyclic) bond motifs is 1. The number of benzene rings is 3. The minimum atomic E-state index is -4.02. The standard InChI is InChI=1S/C15H9Cl2NO.C7H8O3S/c16-11-6-5-9(7-12(11)17)14-8-15(19)10-3-1-2-4-13(10)18-14;1-6-2-4-7(5-3-6)11(8,9)10/h1-8H,(H,18,19);2-5H,1H3,(H,8,9,10). The molecule has 0 radical (unpaired) electrons. The van der Waals surface area contributed by atoms with Gasteiger partial charge in [0.05, 0.1) is 14.9 Å². The van der Waals surface area contributed by atoms with Gasteiger partial charge in [0.25, 0.3) is 10.1 Å². The van der Waals surface area contributed by atoms with E-state index in [1.807, 2.05) is 31.2 Å². The Morgan fingerprint density at radius 1 is 0.867 bits per heavy atom. The Balaban J connectivity index is 0.000000199. The van der Waals surface area contributed by atoms with Crippen LogP contribution in [-0.2, 0) is 10.1 Å². The van der Waals surface area contributed by atoms with Crippen molar-refractivity contribution in [2.75, 3.05) is 0 Å². The summed E-state index contributed by atoms with van der Waals surface area (Å²) in [5.41, 5.74) is 3.29. The number of nitrogens with one attached hydrogen (secondary N) is 1. The Labute approximate surface area is 183 Å². The van der Waals surface area contributed by atoms with Gasteiger partial charge in [-0.1, -0.05) is 59.1 Å². The molecule has 0 amide bonds. The summed E-state index contributed by atoms with van der Waals surface area (Å²) in [5.74, 6) is 0. The lowest BCUT2D eigenvalue weighted by atomic mass is 10.1. The van der Waals surface area contributed by atoms with E-state index in [2.05, 4.69) is 4.98 Å². The zero-order valence-corrected chi connectivity index (χ0v) is 18.1. The van der Waals surface area contributed by atoms with E-state index in [4.69, 9.17) is 27.8 Å². The normalized spacial score (nSPS) is 11.1. The number of hydrogen-bond donors (Lipinski definition) is 2. The predicted molar refractivity (Wildman–Crippen MR) is 121 cm³/mol. The summed E-state index contributed by atoms with van der Waals surface area (Å²) < 4.78 is 29.6. The number of hydrogen-bond acceptors (Lipinski definition) is 3. The maximum Gasteiger partial charge on any atom is 0.294 e. The first kappa shape index (κ1) is 22.1. The van der Waals surface area contributed by atoms with Crippen molar-refractivity contribution >= 4 is 44.2 Å². The third-order valence-corrected chi connectivity index (χ3v) is 5.89. The zero-order valence-electron chi connectivity index (χ0n) is 15.8. The number of halogens is 2. The van der Waals surface area contributed by atoms with Gasteiger partial charge in [0.15, 0.2) is 5.43 Å². The van der Waals surface area contributed by atoms with Crippen LogP contribution in [0, 0.1) is 6.92 Å². The monoisotopic (exact) mass is 461 g/mol. The van der Waals surface area contributed by atoms with Crippen molar-refractivity contribution < 1.29 is 13.0 Å². The number of H-pyrrole nitrogens is 1. The number of aromatic nitrogens is 1. The van der Waals surface area contributed by atoms with E-state index in [0.717, 1.165) is 22.3 Å². The summed E-state index contributed by atoms with van der Waals surface area (Å²) in [5, 5.41) is 1.63. The van der Waals surface area contributed by atoms with E-state index in [1.165, 1.54) is 12.1 Å². The van der Waals surface area contributed by atoms with Crippen molar-refractivity contribution in [2.24, 2.45) is 0 Å². The van der Waals surface area contributed by atoms with Crippen LogP contribution in [0.3, 0.4) is 0 Å². The second kappa shape index (κ2) is 9.02. The summed E-state index contributed by atoms with van der Waals surface area (Å²) in [6, 6.07) is 20.2. The SMILES string of the molecule is Cc1ccc(S(=O)(=O)O)cc1.O=c1cc(-c2ccc(Cl)c(Cl)c2)[nH]c2ccccc12. The van der Waals surface area contributed by atoms with E-state index < -0.39 is 10.1 Å². The third kappa shape index (κ3) is 5.29. The second-order valence-electron chi connectivity index (χ2n) is 6.51. The van der Waals surface area contributed by atoms with Gasteiger partial charge in [-0.15, -0.1) is 0 Å². The Bertz CT molecular complexity index is 1360. The van der Waals surface area contributed by atoms with Crippen LogP contribution in [0.4, 0.5) is 0 Å². The van der Waals surface area contributed by atoms with Crippen molar-refractivity contribution in [3.05, 3.63) is 98.6 Å². The van der Waals surface area contributed by atoms with Crippen LogP contribution in [0.1, 0.15) is 5.56 Å². The number of aryl methyl sites for hydroxylation is 1. The Hall–Kier alpha value is -2.64. The van der Waals surface area contributed by atoms with Crippen LogP contribution >= 0.6 is 23.2 Å². The quantitative estimate of drug-likeness (QED) is 0.372. The van der Waals surface area contributed by atoms with Gasteiger partial charge in [0, 0.05) is 22.7 Å². The van der Waals surface area contributed by atoms with Gasteiger partial charge in [-0.2, -0.15) is 8.42 Å². The molecule has 0 bridgehead atoms. The lowest BCUT2D eigenvalue weighted by Crippen LogP contribution is -2.02. The Morgan fingerprint density at radius 3 is 2.17 bits per heavy atom. The maximum absolute atomic E-state index is 12.0. The van der Waals surface area contributed by atoms with E-state index in [1.54, 1.807) is 36.4 Å². The molecule has 0 spiro atoms. The largest absolute Gasteiger partial charge is 0.354 e. The molecule has 4 rings (SSSR count). The van der Waals surface area contributed by atoms with Crippen molar-refractivity contribution in [3.63, 3.8) is 0 Å². The fourth-order valence-corrected chi connectivity index (χ4v) is 3.50. The molecule has 4 aromatic rings. The molecule has 30 heavy (non-hydrogen) atoms. The van der Waals surface area contributed by atoms with Gasteiger partial charge in [-0.05, 0) is 48.9 Å². The number of aromatic amines is 1. The topological polar surface area (TPSA) is 87.2 Å². The maximum atomic E-state index is 12.0. The van der Waals surface area contributed by atoms with Gasteiger partial charge in [-0.25, -0.2) is 0 Å². The smallest absolute Gasteiger partial charge is 0.294 e. The van der Waals surface area contributed by atoms with Crippen molar-refractivity contribution in [1.82, 2.24) is 4.98 Å². The van der Waals surface area contributed by atoms with E-state index in [0.29, 0.717) is 15.4 Å². The van der Waals surface area contributed by atoms with Gasteiger partial charge >= 0.3 is 0 Å². The molecule has 5 nitrogen and oxygen atoms in total. The highest BCUT2D eigenvalue weighted by Gasteiger charge is 2.07. The lowest BCUT2D eigenvalue weighted by Gasteiger charge is -2.05. The van der Waals surface area contributed by atoms with Crippen LogP contribution < -0.4 is 5.43 Å². The summed E-state index contributed by atoms with van der Waals surface area (Å²) in [6.07, 6.45) is 0. The fraction of sp³-hybridized carbons (Fsp3) is 0.0455. The molecular formula is C22H17Cl2NO4S. The molecule has 0 aliphatic rings. The molecule has 0 aliphatic carbocycles. The van der Waals surface area contributed by atoms with Crippen LogP contribution in [0.2, 0.25) is 10.0 Å². The highest BCUT2D eigenvalue weighted by Crippen LogP contribution is 2.27. The Kier molecular flexibility index (Phi) is 6.63. The molecule has 0 atom stereocenters. The average molecular weight is 462 g/mol. The van der Waals surface area contributed by atoms with Gasteiger partial charge in [-0.3, -0.25) is 9.35 Å². The van der Waals surface area contributed by atoms with E-state index in [9.17, 15) is 13.2 Å². The van der Waals surface area contributed by atoms with Gasteiger partial charge in [0.2, 0.25) is 0 Å². The molecule has 0 saturated carbocycles. The molecular weight excluding hydrogens is 445 g/mol. The molecule has 0 fully saturated rings. The molecule has 0 unspecified atom stereocenters. The molecule has 0 aliphatic heterocycles. The van der Waals surface area contributed by atoms with Gasteiger partial charge < -0.3 is 4.98 Å². The van der Waals surface area contributed by atoms with E-state index in [-0.39, 0.29) is 10.3 Å². The number of rotatable bonds is 2. The molecule has 154 valence electrons. The highest BCUT2D eigenvalue weighted by molar-refractivity contribution is 7.85. The highest BCUT2D eigenvalue weighted by atomic mass is 35.5. The van der Waals surface area contributed by atoms with E-state index >= 15 is 0 Å². The van der Waals surface area contributed by atoms with Crippen molar-refractivity contribution in [3.8, 4) is 11.3 Å². The Morgan fingerprint density at radius 2 is 1.53 bits per heavy atom. The first-order valence-corrected chi connectivity index (χ1v) is 11.0. The molecule has 8 heteroatoms. The summed E-state index contributed by atoms with van der Waals surface area (Å²) in [7, 11) is -4.02.